The maximum atomic E-state index is 13.8. The average Bonchev–Trinajstić information content (AvgIpc) is 3.26. The standard InChI is InChI=1S/C29H34N4O3/c1-8-33(17(2)3)12-11-32(6)28(35)21-14-20-22(15-24(21)36-7)29(4,5)27-25(26(20)34)19-10-9-18(16-30)13-23(19)31-27/h9-10,13-15,17,31H,8,11-12H2,1-7H3. The molecule has 0 radical (unpaired) electrons. The number of carbonyl (C=O) groups is 2. The molecule has 3 aromatic rings. The van der Waals surface area contributed by atoms with Crippen LogP contribution in [0.3, 0.4) is 0 Å². The lowest BCUT2D eigenvalue weighted by atomic mass is 9.70. The second-order valence-electron chi connectivity index (χ2n) is 10.2. The lowest BCUT2D eigenvalue weighted by Crippen LogP contribution is -2.39. The maximum Gasteiger partial charge on any atom is 0.257 e. The van der Waals surface area contributed by atoms with Crippen molar-refractivity contribution in [3.63, 3.8) is 0 Å². The number of aromatic amines is 1. The highest BCUT2D eigenvalue weighted by Gasteiger charge is 2.41. The summed E-state index contributed by atoms with van der Waals surface area (Å²) in [5, 5.41) is 10.1. The molecule has 1 amide bonds. The molecule has 1 heterocycles. The molecule has 1 aliphatic carbocycles. The number of H-pyrrole nitrogens is 1. The van der Waals surface area contributed by atoms with Gasteiger partial charge < -0.3 is 14.6 Å². The van der Waals surface area contributed by atoms with Crippen LogP contribution in [-0.2, 0) is 5.41 Å². The van der Waals surface area contributed by atoms with Gasteiger partial charge in [-0.05, 0) is 50.2 Å². The Morgan fingerprint density at radius 1 is 1.19 bits per heavy atom. The minimum atomic E-state index is -0.538. The summed E-state index contributed by atoms with van der Waals surface area (Å²) in [6.07, 6.45) is 0. The van der Waals surface area contributed by atoms with E-state index in [1.807, 2.05) is 12.1 Å². The van der Waals surface area contributed by atoms with Gasteiger partial charge in [0.25, 0.3) is 5.91 Å². The van der Waals surface area contributed by atoms with E-state index in [2.05, 4.69) is 50.6 Å². The van der Waals surface area contributed by atoms with Crippen molar-refractivity contribution < 1.29 is 14.3 Å². The van der Waals surface area contributed by atoms with E-state index >= 15 is 0 Å². The molecule has 1 aromatic heterocycles. The van der Waals surface area contributed by atoms with Gasteiger partial charge in [0.2, 0.25) is 0 Å². The van der Waals surface area contributed by atoms with E-state index < -0.39 is 5.41 Å². The number of likely N-dealkylation sites (N-methyl/N-ethyl adjacent to an activating group) is 2. The van der Waals surface area contributed by atoms with Crippen LogP contribution in [0.25, 0.3) is 10.9 Å². The summed E-state index contributed by atoms with van der Waals surface area (Å²) in [4.78, 5) is 34.7. The van der Waals surface area contributed by atoms with Crippen LogP contribution in [0, 0.1) is 11.3 Å². The molecule has 0 fully saturated rings. The van der Waals surface area contributed by atoms with Crippen LogP contribution in [0.4, 0.5) is 0 Å². The van der Waals surface area contributed by atoms with Crippen molar-refractivity contribution in [1.29, 1.82) is 5.26 Å². The predicted molar refractivity (Wildman–Crippen MR) is 141 cm³/mol. The summed E-state index contributed by atoms with van der Waals surface area (Å²) in [5.41, 5.74) is 3.83. The number of nitrogens with one attached hydrogen (secondary N) is 1. The summed E-state index contributed by atoms with van der Waals surface area (Å²) in [6, 6.07) is 11.4. The Labute approximate surface area is 212 Å². The third kappa shape index (κ3) is 4.06. The second kappa shape index (κ2) is 9.44. The molecule has 0 atom stereocenters. The van der Waals surface area contributed by atoms with Gasteiger partial charge >= 0.3 is 0 Å². The van der Waals surface area contributed by atoms with Crippen LogP contribution < -0.4 is 4.74 Å². The average molecular weight is 487 g/mol. The Balaban J connectivity index is 1.77. The monoisotopic (exact) mass is 486 g/mol. The van der Waals surface area contributed by atoms with Gasteiger partial charge in [-0.1, -0.05) is 26.8 Å². The van der Waals surface area contributed by atoms with Crippen molar-refractivity contribution in [1.82, 2.24) is 14.8 Å². The fraction of sp³-hybridized carbons (Fsp3) is 0.414. The first kappa shape index (κ1) is 25.5. The Kier molecular flexibility index (Phi) is 6.68. The van der Waals surface area contributed by atoms with Gasteiger partial charge in [0.05, 0.1) is 29.9 Å². The van der Waals surface area contributed by atoms with Gasteiger partial charge in [0.1, 0.15) is 5.75 Å². The minimum absolute atomic E-state index is 0.133. The topological polar surface area (TPSA) is 89.4 Å². The quantitative estimate of drug-likeness (QED) is 0.522. The number of fused-ring (bicyclic) bond motifs is 4. The van der Waals surface area contributed by atoms with E-state index in [9.17, 15) is 14.9 Å². The fourth-order valence-corrected chi connectivity index (χ4v) is 5.23. The van der Waals surface area contributed by atoms with Gasteiger partial charge in [-0.2, -0.15) is 5.26 Å². The Hall–Kier alpha value is -3.63. The smallest absolute Gasteiger partial charge is 0.257 e. The number of hydrogen-bond acceptors (Lipinski definition) is 5. The summed E-state index contributed by atoms with van der Waals surface area (Å²) in [5.74, 6) is 0.143. The van der Waals surface area contributed by atoms with Crippen LogP contribution in [-0.4, -0.2) is 66.3 Å². The van der Waals surface area contributed by atoms with Crippen LogP contribution >= 0.6 is 0 Å². The Bertz CT molecular complexity index is 1390. The van der Waals surface area contributed by atoms with Crippen LogP contribution in [0.5, 0.6) is 5.75 Å². The molecule has 1 aliphatic rings. The lowest BCUT2D eigenvalue weighted by molar-refractivity contribution is 0.0767. The zero-order chi connectivity index (χ0) is 26.4. The predicted octanol–water partition coefficient (Wildman–Crippen LogP) is 4.72. The number of methoxy groups -OCH3 is 1. The van der Waals surface area contributed by atoms with E-state index in [1.54, 1.807) is 37.3 Å². The Morgan fingerprint density at radius 2 is 1.92 bits per heavy atom. The molecule has 0 unspecified atom stereocenters. The lowest BCUT2D eigenvalue weighted by Gasteiger charge is -2.33. The molecule has 7 heteroatoms. The molecule has 2 aromatic carbocycles. The normalized spacial score (nSPS) is 14.1. The van der Waals surface area contributed by atoms with E-state index in [4.69, 9.17) is 4.74 Å². The van der Waals surface area contributed by atoms with Gasteiger partial charge in [0.15, 0.2) is 5.78 Å². The molecule has 1 N–H and O–H groups in total. The number of carbonyl (C=O) groups excluding carboxylic acids is 2. The molecule has 4 rings (SSSR count). The van der Waals surface area contributed by atoms with Gasteiger partial charge in [-0.3, -0.25) is 14.5 Å². The van der Waals surface area contributed by atoms with Crippen LogP contribution in [0.15, 0.2) is 30.3 Å². The van der Waals surface area contributed by atoms with Crippen molar-refractivity contribution >= 4 is 22.6 Å². The number of benzene rings is 2. The number of ether oxygens (including phenoxy) is 1. The zero-order valence-electron chi connectivity index (χ0n) is 22.2. The summed E-state index contributed by atoms with van der Waals surface area (Å²) < 4.78 is 5.66. The van der Waals surface area contributed by atoms with Crippen molar-refractivity contribution in [3.8, 4) is 11.8 Å². The molecule has 188 valence electrons. The van der Waals surface area contributed by atoms with Crippen LogP contribution in [0.2, 0.25) is 0 Å². The van der Waals surface area contributed by atoms with Crippen molar-refractivity contribution in [2.75, 3.05) is 33.8 Å². The summed E-state index contributed by atoms with van der Waals surface area (Å²) in [6.45, 7) is 12.7. The van der Waals surface area contributed by atoms with E-state index in [-0.39, 0.29) is 11.7 Å². The maximum absolute atomic E-state index is 13.8. The molecule has 7 nitrogen and oxygen atoms in total. The molecule has 0 spiro atoms. The number of rotatable bonds is 7. The van der Waals surface area contributed by atoms with Gasteiger partial charge in [0, 0.05) is 53.8 Å². The number of hydrogen-bond donors (Lipinski definition) is 1. The number of nitrogens with zero attached hydrogens (tertiary/aromatic N) is 3. The first-order valence-corrected chi connectivity index (χ1v) is 12.4. The van der Waals surface area contributed by atoms with Crippen LogP contribution in [0.1, 0.15) is 77.7 Å². The molecule has 0 saturated carbocycles. The fourth-order valence-electron chi connectivity index (χ4n) is 5.23. The van der Waals surface area contributed by atoms with E-state index in [0.717, 1.165) is 35.2 Å². The molecule has 0 saturated heterocycles. The zero-order valence-corrected chi connectivity index (χ0v) is 22.2. The van der Waals surface area contributed by atoms with Gasteiger partial charge in [-0.25, -0.2) is 0 Å². The number of amides is 1. The third-order valence-electron chi connectivity index (χ3n) is 7.47. The summed E-state index contributed by atoms with van der Waals surface area (Å²) >= 11 is 0. The first-order valence-electron chi connectivity index (χ1n) is 12.4. The molecule has 0 bridgehead atoms. The largest absolute Gasteiger partial charge is 0.496 e. The van der Waals surface area contributed by atoms with Crippen molar-refractivity contribution in [2.45, 2.75) is 46.1 Å². The van der Waals surface area contributed by atoms with E-state index in [0.29, 0.717) is 40.6 Å². The highest BCUT2D eigenvalue weighted by molar-refractivity contribution is 6.20. The molecule has 0 aliphatic heterocycles. The third-order valence-corrected chi connectivity index (χ3v) is 7.47. The highest BCUT2D eigenvalue weighted by atomic mass is 16.5. The minimum Gasteiger partial charge on any atom is -0.496 e. The second-order valence-corrected chi connectivity index (χ2v) is 10.2. The number of aromatic nitrogens is 1. The van der Waals surface area contributed by atoms with Gasteiger partial charge in [-0.15, -0.1) is 0 Å². The molecular weight excluding hydrogens is 452 g/mol. The number of nitriles is 1. The SMILES string of the molecule is CCN(CCN(C)C(=O)c1cc2c(cc1OC)C(C)(C)c1[nH]c3cc(C#N)ccc3c1C2=O)C(C)C. The molecular formula is C29H34N4O3. The Morgan fingerprint density at radius 3 is 2.53 bits per heavy atom. The van der Waals surface area contributed by atoms with Crippen molar-refractivity contribution in [3.05, 3.63) is 63.8 Å². The van der Waals surface area contributed by atoms with Crippen molar-refractivity contribution in [2.24, 2.45) is 0 Å². The number of ketones is 1. The first-order chi connectivity index (χ1) is 17.0. The summed E-state index contributed by atoms with van der Waals surface area (Å²) in [7, 11) is 3.33. The molecule has 36 heavy (non-hydrogen) atoms. The van der Waals surface area contributed by atoms with E-state index in [1.165, 1.54) is 0 Å². The highest BCUT2D eigenvalue weighted by Crippen LogP contribution is 2.45.